The molecule has 5 aliphatic rings. The number of ether oxygens (including phenoxy) is 3. The molecule has 4 atom stereocenters. The van der Waals surface area contributed by atoms with Gasteiger partial charge in [-0.2, -0.15) is 13.2 Å². The molecule has 0 N–H and O–H groups in total. The molecule has 2 fully saturated rings. The summed E-state index contributed by atoms with van der Waals surface area (Å²) in [5.41, 5.74) is 4.13. The second kappa shape index (κ2) is 12.4. The maximum Gasteiger partial charge on any atom is 0.471 e. The van der Waals surface area contributed by atoms with Crippen LogP contribution in [0.2, 0.25) is 0 Å². The second-order valence-electron chi connectivity index (χ2n) is 13.5. The Bertz CT molecular complexity index is 1410. The van der Waals surface area contributed by atoms with Crippen LogP contribution in [0.4, 0.5) is 13.2 Å². The fourth-order valence-electron chi connectivity index (χ4n) is 8.65. The smallest absolute Gasteiger partial charge is 0.471 e. The zero-order valence-electron chi connectivity index (χ0n) is 26.5. The Balaban J connectivity index is 1.20. The molecule has 0 bridgehead atoms. The largest absolute Gasteiger partial charge is 0.494 e. The van der Waals surface area contributed by atoms with Gasteiger partial charge in [-0.25, -0.2) is 0 Å². The van der Waals surface area contributed by atoms with Crippen molar-refractivity contribution in [3.05, 3.63) is 64.8 Å². The first-order chi connectivity index (χ1) is 21.5. The lowest BCUT2D eigenvalue weighted by molar-refractivity contribution is -0.190. The highest BCUT2D eigenvalue weighted by Gasteiger charge is 2.54. The molecular formula is C36H44F3NO5. The van der Waals surface area contributed by atoms with Gasteiger partial charge in [0.1, 0.15) is 11.5 Å². The quantitative estimate of drug-likeness (QED) is 0.280. The Hall–Kier alpha value is -2.91. The first kappa shape index (κ1) is 32.0. The van der Waals surface area contributed by atoms with Gasteiger partial charge in [-0.1, -0.05) is 37.6 Å². The Morgan fingerprint density at radius 3 is 2.62 bits per heavy atom. The number of fused-ring (bicyclic) bond motifs is 4. The summed E-state index contributed by atoms with van der Waals surface area (Å²) in [4.78, 5) is 26.9. The highest BCUT2D eigenvalue weighted by atomic mass is 19.4. The lowest BCUT2D eigenvalue weighted by atomic mass is 9.59. The van der Waals surface area contributed by atoms with Gasteiger partial charge in [0.15, 0.2) is 5.79 Å². The first-order valence-corrected chi connectivity index (χ1v) is 16.6. The number of carbonyl (C=O) groups is 2. The van der Waals surface area contributed by atoms with Crippen LogP contribution >= 0.6 is 0 Å². The molecule has 4 aliphatic carbocycles. The second-order valence-corrected chi connectivity index (χ2v) is 13.5. The third-order valence-electron chi connectivity index (χ3n) is 10.6. The van der Waals surface area contributed by atoms with Crippen molar-refractivity contribution in [2.75, 3.05) is 19.8 Å². The van der Waals surface area contributed by atoms with E-state index in [0.29, 0.717) is 62.7 Å². The highest BCUT2D eigenvalue weighted by Crippen LogP contribution is 2.58. The Kier molecular flexibility index (Phi) is 8.80. The SMILES string of the molecule is CCCC(c1cccc(OCC[C@]23C=CC4=C5CCC6(C=C5CCC4C2CCC3=O)OCCO6)c1)N(C(=O)C(F)(F)F)C(C)C. The van der Waals surface area contributed by atoms with E-state index in [1.165, 1.54) is 16.7 Å². The molecule has 6 rings (SSSR count). The van der Waals surface area contributed by atoms with Gasteiger partial charge in [0.2, 0.25) is 0 Å². The van der Waals surface area contributed by atoms with Crippen LogP contribution in [-0.4, -0.2) is 54.4 Å². The van der Waals surface area contributed by atoms with E-state index in [1.54, 1.807) is 38.1 Å². The summed E-state index contributed by atoms with van der Waals surface area (Å²) >= 11 is 0. The van der Waals surface area contributed by atoms with Gasteiger partial charge < -0.3 is 19.1 Å². The van der Waals surface area contributed by atoms with E-state index in [1.807, 2.05) is 6.92 Å². The number of benzene rings is 1. The van der Waals surface area contributed by atoms with Crippen LogP contribution in [0.25, 0.3) is 0 Å². The minimum Gasteiger partial charge on any atom is -0.494 e. The van der Waals surface area contributed by atoms with Crippen molar-refractivity contribution in [1.29, 1.82) is 0 Å². The van der Waals surface area contributed by atoms with Crippen molar-refractivity contribution in [2.45, 2.75) is 103 Å². The van der Waals surface area contributed by atoms with Crippen molar-refractivity contribution < 1.29 is 37.0 Å². The van der Waals surface area contributed by atoms with Crippen LogP contribution in [-0.2, 0) is 19.1 Å². The summed E-state index contributed by atoms with van der Waals surface area (Å²) in [5.74, 6) is -1.04. The number of hydrogen-bond donors (Lipinski definition) is 0. The molecule has 1 spiro atoms. The predicted molar refractivity (Wildman–Crippen MR) is 163 cm³/mol. The van der Waals surface area contributed by atoms with Crippen LogP contribution in [0.3, 0.4) is 0 Å². The van der Waals surface area contributed by atoms with Crippen LogP contribution in [0, 0.1) is 17.3 Å². The number of amides is 1. The standard InChI is InChI=1S/C36H44F3NO5/c1-4-6-31(40(23(2)3)33(42)36(37,38)39)24-7-5-8-26(21-24)43-18-17-34-15-13-28-27-14-16-35(44-19-20-45-35)22-25(27)9-10-29(28)30(34)11-12-32(34)41/h5,7-8,13,15,21-23,29-31H,4,6,9-12,14,16-20H2,1-3H3/t29?,30?,31?,34-/m1/s1. The number of nitrogens with zero attached hydrogens (tertiary/aromatic N) is 1. The van der Waals surface area contributed by atoms with E-state index in [9.17, 15) is 22.8 Å². The number of carbonyl (C=O) groups excluding carboxylic acids is 2. The molecule has 1 saturated heterocycles. The van der Waals surface area contributed by atoms with Gasteiger partial charge in [-0.05, 0) is 105 Å². The monoisotopic (exact) mass is 627 g/mol. The molecule has 45 heavy (non-hydrogen) atoms. The molecule has 9 heteroatoms. The van der Waals surface area contributed by atoms with Crippen LogP contribution in [0.15, 0.2) is 59.2 Å². The fraction of sp³-hybridized carbons (Fsp3) is 0.611. The number of Topliss-reactive ketones (excluding diaryl/α,β-unsaturated/α-hetero) is 1. The van der Waals surface area contributed by atoms with E-state index in [4.69, 9.17) is 14.2 Å². The number of ketones is 1. The summed E-state index contributed by atoms with van der Waals surface area (Å²) in [7, 11) is 0. The van der Waals surface area contributed by atoms with E-state index < -0.39 is 35.4 Å². The minimum atomic E-state index is -4.95. The molecule has 1 aromatic rings. The van der Waals surface area contributed by atoms with Crippen LogP contribution in [0.5, 0.6) is 5.75 Å². The molecule has 1 heterocycles. The molecule has 244 valence electrons. The molecule has 1 amide bonds. The molecule has 3 unspecified atom stereocenters. The third kappa shape index (κ3) is 5.91. The average molecular weight is 628 g/mol. The van der Waals surface area contributed by atoms with Gasteiger partial charge >= 0.3 is 12.1 Å². The molecule has 0 radical (unpaired) electrons. The van der Waals surface area contributed by atoms with Gasteiger partial charge in [0.05, 0.1) is 31.3 Å². The highest BCUT2D eigenvalue weighted by molar-refractivity contribution is 5.90. The Labute approximate surface area is 263 Å². The van der Waals surface area contributed by atoms with Gasteiger partial charge in [-0.3, -0.25) is 9.59 Å². The maximum atomic E-state index is 13.5. The van der Waals surface area contributed by atoms with Gasteiger partial charge in [0.25, 0.3) is 0 Å². The number of allylic oxidation sites excluding steroid dienone is 5. The lowest BCUT2D eigenvalue weighted by Crippen LogP contribution is -2.47. The van der Waals surface area contributed by atoms with Crippen molar-refractivity contribution in [1.82, 2.24) is 4.90 Å². The molecule has 1 aromatic carbocycles. The number of halogens is 3. The van der Waals surface area contributed by atoms with Crippen LogP contribution < -0.4 is 4.74 Å². The number of hydrogen-bond acceptors (Lipinski definition) is 5. The van der Waals surface area contributed by atoms with Crippen molar-refractivity contribution in [3.63, 3.8) is 0 Å². The average Bonchev–Trinajstić information content (AvgIpc) is 3.60. The fourth-order valence-corrected chi connectivity index (χ4v) is 8.65. The number of alkyl halides is 3. The molecular weight excluding hydrogens is 583 g/mol. The van der Waals surface area contributed by atoms with E-state index >= 15 is 0 Å². The maximum absolute atomic E-state index is 13.5. The molecule has 6 nitrogen and oxygen atoms in total. The number of rotatable bonds is 9. The summed E-state index contributed by atoms with van der Waals surface area (Å²) in [6.07, 6.45) is 8.26. The summed E-state index contributed by atoms with van der Waals surface area (Å²) < 4.78 is 58.7. The minimum absolute atomic E-state index is 0.228. The summed E-state index contributed by atoms with van der Waals surface area (Å²) in [6.45, 7) is 6.67. The predicted octanol–water partition coefficient (Wildman–Crippen LogP) is 7.80. The Morgan fingerprint density at radius 1 is 1.13 bits per heavy atom. The van der Waals surface area contributed by atoms with E-state index in [0.717, 1.165) is 37.0 Å². The summed E-state index contributed by atoms with van der Waals surface area (Å²) in [6, 6.07) is 5.68. The molecule has 1 aliphatic heterocycles. The molecule has 0 aromatic heterocycles. The van der Waals surface area contributed by atoms with Crippen molar-refractivity contribution in [3.8, 4) is 5.75 Å². The Morgan fingerprint density at radius 2 is 1.91 bits per heavy atom. The normalized spacial score (nSPS) is 27.7. The first-order valence-electron chi connectivity index (χ1n) is 16.6. The zero-order chi connectivity index (χ0) is 32.0. The van der Waals surface area contributed by atoms with Crippen molar-refractivity contribution >= 4 is 11.7 Å². The molecule has 1 saturated carbocycles. The van der Waals surface area contributed by atoms with Gasteiger partial charge in [0, 0.05) is 18.9 Å². The lowest BCUT2D eigenvalue weighted by Gasteiger charge is -2.45. The van der Waals surface area contributed by atoms with E-state index in [-0.39, 0.29) is 11.7 Å². The summed E-state index contributed by atoms with van der Waals surface area (Å²) in [5, 5.41) is 0. The van der Waals surface area contributed by atoms with E-state index in [2.05, 4.69) is 18.2 Å². The third-order valence-corrected chi connectivity index (χ3v) is 10.6. The van der Waals surface area contributed by atoms with Crippen molar-refractivity contribution in [2.24, 2.45) is 17.3 Å². The topological polar surface area (TPSA) is 65.1 Å². The zero-order valence-corrected chi connectivity index (χ0v) is 26.5. The van der Waals surface area contributed by atoms with Gasteiger partial charge in [-0.15, -0.1) is 0 Å². The van der Waals surface area contributed by atoms with Crippen LogP contribution in [0.1, 0.15) is 90.2 Å².